The molecule has 1 aliphatic rings. The van der Waals surface area contributed by atoms with Crippen LogP contribution < -0.4 is 0 Å². The molecule has 0 saturated heterocycles. The second-order valence-electron chi connectivity index (χ2n) is 6.42. The quantitative estimate of drug-likeness (QED) is 0.735. The topological polar surface area (TPSA) is 36.1 Å². The van der Waals surface area contributed by atoms with Crippen molar-refractivity contribution in [2.24, 2.45) is 0 Å². The summed E-state index contributed by atoms with van der Waals surface area (Å²) < 4.78 is 0. The molecule has 0 fully saturated rings. The zero-order valence-corrected chi connectivity index (χ0v) is 14.7. The molecule has 0 radical (unpaired) electrons. The van der Waals surface area contributed by atoms with Crippen LogP contribution in [0.1, 0.15) is 41.8 Å². The Morgan fingerprint density at radius 2 is 2.21 bits per heavy atom. The summed E-state index contributed by atoms with van der Waals surface area (Å²) in [6.07, 6.45) is 5.41. The third kappa shape index (κ3) is 2.65. The van der Waals surface area contributed by atoms with Crippen LogP contribution in [0.3, 0.4) is 0 Å². The van der Waals surface area contributed by atoms with Crippen molar-refractivity contribution in [2.75, 3.05) is 6.54 Å². The number of amides is 1. The highest BCUT2D eigenvalue weighted by Gasteiger charge is 2.29. The summed E-state index contributed by atoms with van der Waals surface area (Å²) in [5.74, 6) is 0.281. The molecule has 4 heteroatoms. The first-order chi connectivity index (χ1) is 11.8. The molecule has 0 spiro atoms. The van der Waals surface area contributed by atoms with E-state index in [1.54, 1.807) is 0 Å². The van der Waals surface area contributed by atoms with Gasteiger partial charge in [0, 0.05) is 34.9 Å². The molecule has 24 heavy (non-hydrogen) atoms. The smallest absolute Gasteiger partial charge is 0.223 e. The van der Waals surface area contributed by atoms with Crippen molar-refractivity contribution in [1.29, 1.82) is 0 Å². The first-order valence-electron chi connectivity index (χ1n) is 8.68. The number of fused-ring (bicyclic) bond motifs is 2. The van der Waals surface area contributed by atoms with Gasteiger partial charge >= 0.3 is 0 Å². The lowest BCUT2D eigenvalue weighted by Crippen LogP contribution is -2.39. The van der Waals surface area contributed by atoms with Crippen molar-refractivity contribution in [2.45, 2.75) is 38.6 Å². The first kappa shape index (κ1) is 15.5. The highest BCUT2D eigenvalue weighted by molar-refractivity contribution is 7.10. The van der Waals surface area contributed by atoms with E-state index in [1.165, 1.54) is 21.4 Å². The number of aromatic amines is 1. The minimum Gasteiger partial charge on any atom is -0.361 e. The van der Waals surface area contributed by atoms with Crippen molar-refractivity contribution in [3.63, 3.8) is 0 Å². The largest absolute Gasteiger partial charge is 0.361 e. The number of hydrogen-bond acceptors (Lipinski definition) is 2. The van der Waals surface area contributed by atoms with Crippen LogP contribution in [-0.4, -0.2) is 22.3 Å². The number of hydrogen-bond donors (Lipinski definition) is 1. The summed E-state index contributed by atoms with van der Waals surface area (Å²) in [5, 5.41) is 3.39. The Morgan fingerprint density at radius 3 is 3.08 bits per heavy atom. The van der Waals surface area contributed by atoms with Crippen molar-refractivity contribution in [3.05, 3.63) is 57.9 Å². The van der Waals surface area contributed by atoms with Crippen molar-refractivity contribution < 1.29 is 4.79 Å². The highest BCUT2D eigenvalue weighted by atomic mass is 32.1. The van der Waals surface area contributed by atoms with Crippen molar-refractivity contribution in [1.82, 2.24) is 9.88 Å². The van der Waals surface area contributed by atoms with E-state index >= 15 is 0 Å². The molecular weight excluding hydrogens is 316 g/mol. The maximum atomic E-state index is 12.8. The van der Waals surface area contributed by atoms with Gasteiger partial charge in [-0.05, 0) is 47.9 Å². The van der Waals surface area contributed by atoms with Crippen LogP contribution in [0.15, 0.2) is 41.9 Å². The van der Waals surface area contributed by atoms with Gasteiger partial charge in [0.25, 0.3) is 0 Å². The van der Waals surface area contributed by atoms with E-state index in [0.29, 0.717) is 6.42 Å². The molecule has 3 nitrogen and oxygen atoms in total. The van der Waals surface area contributed by atoms with Gasteiger partial charge in [0.2, 0.25) is 5.91 Å². The fourth-order valence-corrected chi connectivity index (χ4v) is 4.79. The molecule has 1 N–H and O–H groups in total. The fraction of sp³-hybridized carbons (Fsp3) is 0.350. The predicted octanol–water partition coefficient (Wildman–Crippen LogP) is 4.70. The highest BCUT2D eigenvalue weighted by Crippen LogP contribution is 2.35. The molecule has 1 aliphatic heterocycles. The summed E-state index contributed by atoms with van der Waals surface area (Å²) in [5.41, 5.74) is 3.75. The molecule has 0 bridgehead atoms. The second kappa shape index (κ2) is 6.44. The summed E-state index contributed by atoms with van der Waals surface area (Å²) in [6.45, 7) is 3.04. The lowest BCUT2D eigenvalue weighted by atomic mass is 9.97. The van der Waals surface area contributed by atoms with Crippen LogP contribution in [-0.2, 0) is 17.6 Å². The van der Waals surface area contributed by atoms with Gasteiger partial charge in [-0.15, -0.1) is 11.3 Å². The molecule has 0 aliphatic carbocycles. The van der Waals surface area contributed by atoms with E-state index in [-0.39, 0.29) is 11.9 Å². The average molecular weight is 338 g/mol. The molecule has 1 aromatic carbocycles. The number of benzene rings is 1. The number of thiophene rings is 1. The number of carbonyl (C=O) groups excluding carboxylic acids is 1. The second-order valence-corrected chi connectivity index (χ2v) is 7.42. The Morgan fingerprint density at radius 1 is 1.33 bits per heavy atom. The lowest BCUT2D eigenvalue weighted by Gasteiger charge is -2.35. The molecule has 1 amide bonds. The fourth-order valence-electron chi connectivity index (χ4n) is 3.86. The summed E-state index contributed by atoms with van der Waals surface area (Å²) in [4.78, 5) is 19.7. The Bertz CT molecular complexity index is 863. The third-order valence-electron chi connectivity index (χ3n) is 5.09. The molecule has 2 aromatic heterocycles. The van der Waals surface area contributed by atoms with Gasteiger partial charge in [-0.3, -0.25) is 4.79 Å². The van der Waals surface area contributed by atoms with Crippen LogP contribution in [0, 0.1) is 0 Å². The number of rotatable bonds is 4. The Balaban J connectivity index is 1.48. The van der Waals surface area contributed by atoms with E-state index < -0.39 is 0 Å². The molecule has 0 unspecified atom stereocenters. The van der Waals surface area contributed by atoms with Crippen LogP contribution >= 0.6 is 11.3 Å². The number of nitrogens with zero attached hydrogens (tertiary/aromatic N) is 1. The molecule has 4 rings (SSSR count). The van der Waals surface area contributed by atoms with Gasteiger partial charge in [-0.1, -0.05) is 25.1 Å². The molecule has 0 saturated carbocycles. The maximum absolute atomic E-state index is 12.8. The zero-order chi connectivity index (χ0) is 16.5. The van der Waals surface area contributed by atoms with Gasteiger partial charge in [0.05, 0.1) is 6.04 Å². The molecule has 3 aromatic rings. The molecular formula is C20H22N2OS. The molecule has 124 valence electrons. The molecule has 1 atom stereocenters. The van der Waals surface area contributed by atoms with E-state index in [2.05, 4.69) is 46.5 Å². The average Bonchev–Trinajstić information content (AvgIpc) is 3.25. The van der Waals surface area contributed by atoms with Crippen LogP contribution in [0.25, 0.3) is 10.9 Å². The molecule has 3 heterocycles. The van der Waals surface area contributed by atoms with Crippen molar-refractivity contribution in [3.8, 4) is 0 Å². The predicted molar refractivity (Wildman–Crippen MR) is 99.4 cm³/mol. The number of para-hydroxylation sites is 1. The number of nitrogens with one attached hydrogen (secondary N) is 1. The van der Waals surface area contributed by atoms with Gasteiger partial charge < -0.3 is 9.88 Å². The minimum atomic E-state index is 0.260. The summed E-state index contributed by atoms with van der Waals surface area (Å²) >= 11 is 1.83. The Labute approximate surface area is 146 Å². The standard InChI is InChI=1S/C20H22N2OS/c1-2-18-16-10-12-24-19(16)9-11-22(18)20(23)8-7-14-13-21-17-6-4-3-5-15(14)17/h3-6,10,12-13,18,21H,2,7-9,11H2,1H3/t18-/m0/s1. The number of carbonyl (C=O) groups is 1. The zero-order valence-electron chi connectivity index (χ0n) is 13.9. The summed E-state index contributed by atoms with van der Waals surface area (Å²) in [7, 11) is 0. The third-order valence-corrected chi connectivity index (χ3v) is 6.08. The van der Waals surface area contributed by atoms with Crippen LogP contribution in [0.5, 0.6) is 0 Å². The monoisotopic (exact) mass is 338 g/mol. The van der Waals surface area contributed by atoms with Gasteiger partial charge in [0.1, 0.15) is 0 Å². The van der Waals surface area contributed by atoms with Gasteiger partial charge in [-0.25, -0.2) is 0 Å². The normalized spacial score (nSPS) is 17.2. The van der Waals surface area contributed by atoms with Gasteiger partial charge in [0.15, 0.2) is 0 Å². The minimum absolute atomic E-state index is 0.260. The maximum Gasteiger partial charge on any atom is 0.223 e. The van der Waals surface area contributed by atoms with E-state index in [9.17, 15) is 4.79 Å². The van der Waals surface area contributed by atoms with E-state index in [1.807, 2.05) is 23.6 Å². The first-order valence-corrected chi connectivity index (χ1v) is 9.56. The number of H-pyrrole nitrogens is 1. The lowest BCUT2D eigenvalue weighted by molar-refractivity contribution is -0.134. The Kier molecular flexibility index (Phi) is 4.15. The van der Waals surface area contributed by atoms with Crippen LogP contribution in [0.2, 0.25) is 0 Å². The number of aryl methyl sites for hydroxylation is 1. The SMILES string of the molecule is CC[C@H]1c2ccsc2CCN1C(=O)CCc1c[nH]c2ccccc12. The van der Waals surface area contributed by atoms with E-state index in [0.717, 1.165) is 31.3 Å². The Hall–Kier alpha value is -2.07. The van der Waals surface area contributed by atoms with Gasteiger partial charge in [-0.2, -0.15) is 0 Å². The van der Waals surface area contributed by atoms with E-state index in [4.69, 9.17) is 0 Å². The van der Waals surface area contributed by atoms with Crippen LogP contribution in [0.4, 0.5) is 0 Å². The van der Waals surface area contributed by atoms with Crippen molar-refractivity contribution >= 4 is 28.1 Å². The summed E-state index contributed by atoms with van der Waals surface area (Å²) in [6, 6.07) is 10.8. The number of aromatic nitrogens is 1.